The highest BCUT2D eigenvalue weighted by Gasteiger charge is 2.07. The zero-order valence-corrected chi connectivity index (χ0v) is 8.45. The molecule has 3 N–H and O–H groups in total. The first kappa shape index (κ1) is 10.5. The Morgan fingerprint density at radius 3 is 2.93 bits per heavy atom. The number of pyridine rings is 1. The van der Waals surface area contributed by atoms with Gasteiger partial charge in [-0.15, -0.1) is 0 Å². The molecule has 4 nitrogen and oxygen atoms in total. The molecular formula is C10H15N3O. The fourth-order valence-corrected chi connectivity index (χ4v) is 1.08. The normalized spacial score (nSPS) is 10.2. The largest absolute Gasteiger partial charge is 0.396 e. The summed E-state index contributed by atoms with van der Waals surface area (Å²) in [6, 6.07) is 3.44. The van der Waals surface area contributed by atoms with Gasteiger partial charge in [0.1, 0.15) is 0 Å². The van der Waals surface area contributed by atoms with E-state index in [1.165, 1.54) is 0 Å². The predicted octanol–water partition coefficient (Wildman–Crippen LogP) is 1.65. The first-order valence-electron chi connectivity index (χ1n) is 4.60. The molecule has 4 heteroatoms. The van der Waals surface area contributed by atoms with Crippen molar-refractivity contribution in [3.05, 3.63) is 18.3 Å². The van der Waals surface area contributed by atoms with E-state index in [-0.39, 0.29) is 5.91 Å². The molecule has 0 saturated carbocycles. The van der Waals surface area contributed by atoms with Crippen LogP contribution in [0.25, 0.3) is 0 Å². The molecule has 0 saturated heterocycles. The number of carbonyl (C=O) groups excluding carboxylic acids is 1. The van der Waals surface area contributed by atoms with Crippen molar-refractivity contribution in [3.8, 4) is 0 Å². The summed E-state index contributed by atoms with van der Waals surface area (Å²) >= 11 is 0. The summed E-state index contributed by atoms with van der Waals surface area (Å²) in [5.41, 5.74) is 6.11. The minimum atomic E-state index is -0.0506. The van der Waals surface area contributed by atoms with Crippen LogP contribution < -0.4 is 11.1 Å². The van der Waals surface area contributed by atoms with E-state index in [1.54, 1.807) is 18.3 Å². The minimum absolute atomic E-state index is 0.0506. The molecule has 14 heavy (non-hydrogen) atoms. The second kappa shape index (κ2) is 4.60. The molecule has 1 rings (SSSR count). The van der Waals surface area contributed by atoms with Gasteiger partial charge in [0, 0.05) is 12.6 Å². The molecule has 1 aromatic heterocycles. The lowest BCUT2D eigenvalue weighted by atomic mass is 10.1. The van der Waals surface area contributed by atoms with Crippen LogP contribution in [0.5, 0.6) is 0 Å². The van der Waals surface area contributed by atoms with Crippen molar-refractivity contribution >= 4 is 17.4 Å². The van der Waals surface area contributed by atoms with Crippen LogP contribution in [0.2, 0.25) is 0 Å². The number of carbonyl (C=O) groups is 1. The maximum absolute atomic E-state index is 11.4. The number of hydrogen-bond donors (Lipinski definition) is 2. The minimum Gasteiger partial charge on any atom is -0.396 e. The van der Waals surface area contributed by atoms with E-state index >= 15 is 0 Å². The van der Waals surface area contributed by atoms with Gasteiger partial charge in [0.25, 0.3) is 0 Å². The van der Waals surface area contributed by atoms with Crippen LogP contribution in [-0.2, 0) is 4.79 Å². The molecule has 1 amide bonds. The number of aromatic nitrogens is 1. The van der Waals surface area contributed by atoms with Crippen LogP contribution in [0.3, 0.4) is 0 Å². The van der Waals surface area contributed by atoms with Gasteiger partial charge in [-0.3, -0.25) is 4.79 Å². The third-order valence-corrected chi connectivity index (χ3v) is 1.69. The lowest BCUT2D eigenvalue weighted by molar-refractivity contribution is -0.116. The van der Waals surface area contributed by atoms with Gasteiger partial charge >= 0.3 is 0 Å². The summed E-state index contributed by atoms with van der Waals surface area (Å²) in [6.45, 7) is 3.97. The Bertz CT molecular complexity index is 323. The summed E-state index contributed by atoms with van der Waals surface area (Å²) in [6.07, 6.45) is 2.08. The highest BCUT2D eigenvalue weighted by Crippen LogP contribution is 2.13. The first-order chi connectivity index (χ1) is 6.59. The Morgan fingerprint density at radius 1 is 1.64 bits per heavy atom. The smallest absolute Gasteiger partial charge is 0.225 e. The molecule has 0 aliphatic rings. The Morgan fingerprint density at radius 2 is 2.36 bits per heavy atom. The summed E-state index contributed by atoms with van der Waals surface area (Å²) in [5, 5.41) is 2.67. The highest BCUT2D eigenvalue weighted by molar-refractivity contribution is 5.92. The average molecular weight is 193 g/mol. The van der Waals surface area contributed by atoms with Gasteiger partial charge < -0.3 is 11.1 Å². The molecule has 0 spiro atoms. The molecule has 0 bridgehead atoms. The standard InChI is InChI=1S/C10H15N3O/c1-7(2)6-9(14)13-10-8(11)4-3-5-12-10/h3-5,7H,6,11H2,1-2H3,(H,12,13,14). The number of nitrogens with two attached hydrogens (primary N) is 1. The van der Waals surface area contributed by atoms with Crippen LogP contribution >= 0.6 is 0 Å². The summed E-state index contributed by atoms with van der Waals surface area (Å²) in [5.74, 6) is 0.725. The van der Waals surface area contributed by atoms with Gasteiger partial charge in [0.2, 0.25) is 5.91 Å². The van der Waals surface area contributed by atoms with Crippen molar-refractivity contribution in [1.29, 1.82) is 0 Å². The molecule has 1 aromatic rings. The lowest BCUT2D eigenvalue weighted by Crippen LogP contribution is -2.15. The van der Waals surface area contributed by atoms with Crippen LogP contribution in [0.15, 0.2) is 18.3 Å². The van der Waals surface area contributed by atoms with E-state index in [4.69, 9.17) is 5.73 Å². The van der Waals surface area contributed by atoms with Crippen molar-refractivity contribution < 1.29 is 4.79 Å². The summed E-state index contributed by atoms with van der Waals surface area (Å²) < 4.78 is 0. The summed E-state index contributed by atoms with van der Waals surface area (Å²) in [4.78, 5) is 15.3. The Balaban J connectivity index is 2.61. The molecule has 0 aromatic carbocycles. The van der Waals surface area contributed by atoms with Gasteiger partial charge in [0.05, 0.1) is 5.69 Å². The topological polar surface area (TPSA) is 68.0 Å². The van der Waals surface area contributed by atoms with Crippen molar-refractivity contribution in [1.82, 2.24) is 4.98 Å². The Kier molecular flexibility index (Phi) is 3.45. The second-order valence-electron chi connectivity index (χ2n) is 3.59. The van der Waals surface area contributed by atoms with Gasteiger partial charge in [-0.25, -0.2) is 4.98 Å². The van der Waals surface area contributed by atoms with E-state index in [0.717, 1.165) is 0 Å². The van der Waals surface area contributed by atoms with Crippen LogP contribution in [0, 0.1) is 5.92 Å². The Hall–Kier alpha value is -1.58. The van der Waals surface area contributed by atoms with Gasteiger partial charge in [0.15, 0.2) is 5.82 Å². The zero-order chi connectivity index (χ0) is 10.6. The van der Waals surface area contributed by atoms with Gasteiger partial charge in [-0.2, -0.15) is 0 Å². The average Bonchev–Trinajstić information content (AvgIpc) is 2.07. The number of anilines is 2. The fourth-order valence-electron chi connectivity index (χ4n) is 1.08. The van der Waals surface area contributed by atoms with Gasteiger partial charge in [-0.05, 0) is 18.1 Å². The molecule has 1 heterocycles. The molecule has 0 fully saturated rings. The maximum Gasteiger partial charge on any atom is 0.225 e. The highest BCUT2D eigenvalue weighted by atomic mass is 16.1. The molecule has 0 aliphatic carbocycles. The lowest BCUT2D eigenvalue weighted by Gasteiger charge is -2.07. The molecule has 0 aliphatic heterocycles. The van der Waals surface area contributed by atoms with Crippen LogP contribution in [0.1, 0.15) is 20.3 Å². The third-order valence-electron chi connectivity index (χ3n) is 1.69. The van der Waals surface area contributed by atoms with Crippen molar-refractivity contribution in [3.63, 3.8) is 0 Å². The fraction of sp³-hybridized carbons (Fsp3) is 0.400. The molecule has 0 atom stereocenters. The molecule has 0 radical (unpaired) electrons. The number of hydrogen-bond acceptors (Lipinski definition) is 3. The number of amides is 1. The summed E-state index contributed by atoms with van der Waals surface area (Å²) in [7, 11) is 0. The van der Waals surface area contributed by atoms with Gasteiger partial charge in [-0.1, -0.05) is 13.8 Å². The van der Waals surface area contributed by atoms with Crippen molar-refractivity contribution in [2.45, 2.75) is 20.3 Å². The molecule has 0 unspecified atom stereocenters. The molecular weight excluding hydrogens is 178 g/mol. The maximum atomic E-state index is 11.4. The predicted molar refractivity (Wildman–Crippen MR) is 56.7 cm³/mol. The SMILES string of the molecule is CC(C)CC(=O)Nc1ncccc1N. The monoisotopic (exact) mass is 193 g/mol. The van der Waals surface area contributed by atoms with E-state index in [2.05, 4.69) is 10.3 Å². The van der Waals surface area contributed by atoms with Crippen LogP contribution in [-0.4, -0.2) is 10.9 Å². The van der Waals surface area contributed by atoms with Crippen LogP contribution in [0.4, 0.5) is 11.5 Å². The zero-order valence-electron chi connectivity index (χ0n) is 8.45. The first-order valence-corrected chi connectivity index (χ1v) is 4.60. The van der Waals surface area contributed by atoms with E-state index in [0.29, 0.717) is 23.8 Å². The Labute approximate surface area is 83.5 Å². The second-order valence-corrected chi connectivity index (χ2v) is 3.59. The van der Waals surface area contributed by atoms with E-state index < -0.39 is 0 Å². The quantitative estimate of drug-likeness (QED) is 0.766. The van der Waals surface area contributed by atoms with Crippen molar-refractivity contribution in [2.24, 2.45) is 5.92 Å². The van der Waals surface area contributed by atoms with E-state index in [9.17, 15) is 4.79 Å². The van der Waals surface area contributed by atoms with Crippen molar-refractivity contribution in [2.75, 3.05) is 11.1 Å². The number of nitrogens with zero attached hydrogens (tertiary/aromatic N) is 1. The van der Waals surface area contributed by atoms with E-state index in [1.807, 2.05) is 13.8 Å². The number of nitrogens with one attached hydrogen (secondary N) is 1. The molecule has 76 valence electrons. The number of nitrogen functional groups attached to an aromatic ring is 1. The number of rotatable bonds is 3. The third kappa shape index (κ3) is 3.05.